The van der Waals surface area contributed by atoms with Crippen molar-refractivity contribution < 1.29 is 9.18 Å². The number of anilines is 2. The number of nitrogen functional groups attached to an aromatic ring is 1. The van der Waals surface area contributed by atoms with E-state index in [1.54, 1.807) is 13.0 Å². The Morgan fingerprint density at radius 1 is 1.56 bits per heavy atom. The van der Waals surface area contributed by atoms with Crippen molar-refractivity contribution in [2.45, 2.75) is 6.92 Å². The topological polar surface area (TPSA) is 96.7 Å². The number of aromatic amines is 1. The average Bonchev–Trinajstić information content (AvgIpc) is 2.73. The number of nitrogens with two attached hydrogens (primary N) is 1. The first-order valence-electron chi connectivity index (χ1n) is 4.92. The number of aryl methyl sites for hydroxylation is 1. The Labute approximate surface area is 110 Å². The van der Waals surface area contributed by atoms with E-state index in [9.17, 15) is 9.18 Å². The lowest BCUT2D eigenvalue weighted by atomic mass is 10.2. The second kappa shape index (κ2) is 4.73. The molecule has 4 N–H and O–H groups in total. The van der Waals surface area contributed by atoms with Gasteiger partial charge in [-0.1, -0.05) is 0 Å². The lowest BCUT2D eigenvalue weighted by Gasteiger charge is -2.07. The van der Waals surface area contributed by atoms with Crippen molar-refractivity contribution in [1.29, 1.82) is 0 Å². The van der Waals surface area contributed by atoms with Crippen LogP contribution in [0.1, 0.15) is 16.2 Å². The fraction of sp³-hybridized carbons (Fsp3) is 0.100. The van der Waals surface area contributed by atoms with Crippen molar-refractivity contribution in [2.24, 2.45) is 0 Å². The Bertz CT molecular complexity index is 612. The smallest absolute Gasteiger partial charge is 0.293 e. The maximum Gasteiger partial charge on any atom is 0.293 e. The van der Waals surface area contributed by atoms with Crippen LogP contribution in [-0.2, 0) is 0 Å². The minimum atomic E-state index is -0.538. The molecule has 94 valence electrons. The fourth-order valence-electron chi connectivity index (χ4n) is 1.34. The van der Waals surface area contributed by atoms with Crippen LogP contribution in [0.4, 0.5) is 16.0 Å². The SMILES string of the molecule is Cc1cc(Br)c(F)cc1NC(=O)c1nc(N)n[nH]1. The highest BCUT2D eigenvalue weighted by molar-refractivity contribution is 9.10. The number of H-pyrrole nitrogens is 1. The van der Waals surface area contributed by atoms with Gasteiger partial charge < -0.3 is 11.1 Å². The molecule has 18 heavy (non-hydrogen) atoms. The molecule has 0 spiro atoms. The molecule has 0 aliphatic heterocycles. The minimum Gasteiger partial charge on any atom is -0.366 e. The summed E-state index contributed by atoms with van der Waals surface area (Å²) >= 11 is 3.06. The van der Waals surface area contributed by atoms with E-state index in [1.807, 2.05) is 0 Å². The molecule has 0 saturated heterocycles. The van der Waals surface area contributed by atoms with Crippen molar-refractivity contribution in [3.63, 3.8) is 0 Å². The van der Waals surface area contributed by atoms with Gasteiger partial charge in [0.15, 0.2) is 0 Å². The molecule has 2 aromatic rings. The van der Waals surface area contributed by atoms with Gasteiger partial charge in [-0.2, -0.15) is 4.98 Å². The molecule has 1 heterocycles. The lowest BCUT2D eigenvalue weighted by Crippen LogP contribution is -2.15. The standard InChI is InChI=1S/C10H9BrFN5O/c1-4-2-5(11)6(12)3-7(4)14-9(18)8-15-10(13)17-16-8/h2-3H,1H3,(H,14,18)(H3,13,15,16,17). The summed E-state index contributed by atoms with van der Waals surface area (Å²) in [5.74, 6) is -1.06. The summed E-state index contributed by atoms with van der Waals surface area (Å²) < 4.78 is 13.7. The second-order valence-corrected chi connectivity index (χ2v) is 4.43. The van der Waals surface area contributed by atoms with Gasteiger partial charge in [-0.3, -0.25) is 9.89 Å². The monoisotopic (exact) mass is 313 g/mol. The minimum absolute atomic E-state index is 0.0288. The molecule has 8 heteroatoms. The summed E-state index contributed by atoms with van der Waals surface area (Å²) in [5.41, 5.74) is 6.35. The molecule has 0 aliphatic rings. The molecule has 0 fully saturated rings. The van der Waals surface area contributed by atoms with Crippen LogP contribution in [0.15, 0.2) is 16.6 Å². The number of benzene rings is 1. The van der Waals surface area contributed by atoms with Crippen molar-refractivity contribution in [3.05, 3.63) is 33.8 Å². The summed E-state index contributed by atoms with van der Waals surface area (Å²) in [6.45, 7) is 1.74. The predicted octanol–water partition coefficient (Wildman–Crippen LogP) is 1.85. The number of nitrogens with zero attached hydrogens (tertiary/aromatic N) is 2. The fourth-order valence-corrected chi connectivity index (χ4v) is 1.80. The second-order valence-electron chi connectivity index (χ2n) is 3.58. The zero-order valence-electron chi connectivity index (χ0n) is 9.29. The number of rotatable bonds is 2. The molecular formula is C10H9BrFN5O. The van der Waals surface area contributed by atoms with Crippen LogP contribution in [0.2, 0.25) is 0 Å². The normalized spacial score (nSPS) is 10.4. The summed E-state index contributed by atoms with van der Waals surface area (Å²) in [4.78, 5) is 15.4. The number of nitrogens with one attached hydrogen (secondary N) is 2. The molecule has 1 aromatic carbocycles. The molecule has 0 unspecified atom stereocenters. The van der Waals surface area contributed by atoms with Gasteiger partial charge in [-0.25, -0.2) is 4.39 Å². The molecule has 0 atom stereocenters. The van der Waals surface area contributed by atoms with Crippen LogP contribution in [0.5, 0.6) is 0 Å². The van der Waals surface area contributed by atoms with E-state index in [0.717, 1.165) is 0 Å². The van der Waals surface area contributed by atoms with Gasteiger partial charge in [0.25, 0.3) is 5.91 Å². The maximum atomic E-state index is 13.4. The third kappa shape index (κ3) is 2.48. The molecule has 0 aliphatic carbocycles. The first kappa shape index (κ1) is 12.5. The zero-order chi connectivity index (χ0) is 13.3. The van der Waals surface area contributed by atoms with Crippen LogP contribution in [0.3, 0.4) is 0 Å². The maximum absolute atomic E-state index is 13.4. The van der Waals surface area contributed by atoms with Crippen LogP contribution in [-0.4, -0.2) is 21.1 Å². The predicted molar refractivity (Wildman–Crippen MR) is 67.6 cm³/mol. The van der Waals surface area contributed by atoms with Crippen LogP contribution in [0.25, 0.3) is 0 Å². The Hall–Kier alpha value is -1.96. The molecule has 1 amide bonds. The van der Waals surface area contributed by atoms with Crippen LogP contribution in [0, 0.1) is 12.7 Å². The number of carbonyl (C=O) groups excluding carboxylic acids is 1. The largest absolute Gasteiger partial charge is 0.366 e. The van der Waals surface area contributed by atoms with Crippen molar-refractivity contribution in [2.75, 3.05) is 11.1 Å². The molecule has 0 bridgehead atoms. The third-order valence-electron chi connectivity index (χ3n) is 2.23. The lowest BCUT2D eigenvalue weighted by molar-refractivity contribution is 0.101. The van der Waals surface area contributed by atoms with Crippen molar-refractivity contribution >= 4 is 33.5 Å². The first-order valence-corrected chi connectivity index (χ1v) is 5.71. The summed E-state index contributed by atoms with van der Waals surface area (Å²) in [6, 6.07) is 2.79. The van der Waals surface area contributed by atoms with E-state index in [2.05, 4.69) is 36.4 Å². The Morgan fingerprint density at radius 2 is 2.28 bits per heavy atom. The van der Waals surface area contributed by atoms with E-state index in [0.29, 0.717) is 15.7 Å². The highest BCUT2D eigenvalue weighted by Crippen LogP contribution is 2.24. The number of carbonyl (C=O) groups is 1. The van der Waals surface area contributed by atoms with Gasteiger partial charge in [0.1, 0.15) is 5.82 Å². The summed E-state index contributed by atoms with van der Waals surface area (Å²) in [7, 11) is 0. The molecular weight excluding hydrogens is 305 g/mol. The number of amides is 1. The van der Waals surface area contributed by atoms with E-state index < -0.39 is 11.7 Å². The highest BCUT2D eigenvalue weighted by Gasteiger charge is 2.13. The van der Waals surface area contributed by atoms with Crippen molar-refractivity contribution in [1.82, 2.24) is 15.2 Å². The average molecular weight is 314 g/mol. The number of hydrogen-bond donors (Lipinski definition) is 3. The number of aromatic nitrogens is 3. The van der Waals surface area contributed by atoms with Gasteiger partial charge in [0.05, 0.1) is 4.47 Å². The first-order chi connectivity index (χ1) is 8.47. The third-order valence-corrected chi connectivity index (χ3v) is 2.84. The Kier molecular flexibility index (Phi) is 3.28. The molecule has 2 rings (SSSR count). The summed E-state index contributed by atoms with van der Waals surface area (Å²) in [5, 5.41) is 8.42. The highest BCUT2D eigenvalue weighted by atomic mass is 79.9. The quantitative estimate of drug-likeness (QED) is 0.788. The molecule has 0 saturated carbocycles. The van der Waals surface area contributed by atoms with Gasteiger partial charge in [0, 0.05) is 5.69 Å². The van der Waals surface area contributed by atoms with E-state index in [-0.39, 0.29) is 11.8 Å². The Balaban J connectivity index is 2.24. The molecule has 0 radical (unpaired) electrons. The van der Waals surface area contributed by atoms with Crippen molar-refractivity contribution in [3.8, 4) is 0 Å². The van der Waals surface area contributed by atoms with Crippen LogP contribution < -0.4 is 11.1 Å². The van der Waals surface area contributed by atoms with E-state index in [1.165, 1.54) is 6.07 Å². The number of halogens is 2. The zero-order valence-corrected chi connectivity index (χ0v) is 10.9. The number of hydrogen-bond acceptors (Lipinski definition) is 4. The van der Waals surface area contributed by atoms with Gasteiger partial charge in [0.2, 0.25) is 11.8 Å². The van der Waals surface area contributed by atoms with Gasteiger partial charge in [-0.05, 0) is 40.5 Å². The van der Waals surface area contributed by atoms with Gasteiger partial charge in [-0.15, -0.1) is 5.10 Å². The molecule has 6 nitrogen and oxygen atoms in total. The van der Waals surface area contributed by atoms with Gasteiger partial charge >= 0.3 is 0 Å². The van der Waals surface area contributed by atoms with Crippen LogP contribution >= 0.6 is 15.9 Å². The Morgan fingerprint density at radius 3 is 2.89 bits per heavy atom. The molecule has 1 aromatic heterocycles. The van der Waals surface area contributed by atoms with E-state index >= 15 is 0 Å². The van der Waals surface area contributed by atoms with E-state index in [4.69, 9.17) is 5.73 Å². The summed E-state index contributed by atoms with van der Waals surface area (Å²) in [6.07, 6.45) is 0.